The Morgan fingerprint density at radius 2 is 1.61 bits per heavy atom. The van der Waals surface area contributed by atoms with Gasteiger partial charge >= 0.3 is 0 Å². The van der Waals surface area contributed by atoms with E-state index in [-0.39, 0.29) is 30.6 Å². The summed E-state index contributed by atoms with van der Waals surface area (Å²) >= 11 is 0. The van der Waals surface area contributed by atoms with Crippen molar-refractivity contribution in [3.05, 3.63) is 70.5 Å². The van der Waals surface area contributed by atoms with Gasteiger partial charge in [-0.15, -0.1) is 12.4 Å². The van der Waals surface area contributed by atoms with Crippen LogP contribution >= 0.6 is 12.4 Å². The predicted molar refractivity (Wildman–Crippen MR) is 86.9 cm³/mol. The summed E-state index contributed by atoms with van der Waals surface area (Å²) in [6.45, 7) is 1.62. The normalized spacial score (nSPS) is 14.5. The summed E-state index contributed by atoms with van der Waals surface area (Å²) in [6, 6.07) is 10.8. The number of benzene rings is 2. The molecule has 0 saturated carbocycles. The highest BCUT2D eigenvalue weighted by Crippen LogP contribution is 2.27. The molecule has 1 aliphatic rings. The molecule has 2 amide bonds. The number of nitrogens with zero attached hydrogens (tertiary/aromatic N) is 1. The SMILES string of the molecule is C[C@@H](N)c1cccc(F)c1CN1C(=O)c2ccccc2C1=O.Cl. The summed E-state index contributed by atoms with van der Waals surface area (Å²) in [7, 11) is 0. The number of hydrogen-bond acceptors (Lipinski definition) is 3. The van der Waals surface area contributed by atoms with E-state index in [0.29, 0.717) is 16.7 Å². The van der Waals surface area contributed by atoms with Crippen LogP contribution in [-0.4, -0.2) is 16.7 Å². The van der Waals surface area contributed by atoms with Crippen LogP contribution in [0.2, 0.25) is 0 Å². The molecule has 0 aliphatic carbocycles. The minimum absolute atomic E-state index is 0. The van der Waals surface area contributed by atoms with Crippen LogP contribution in [0.25, 0.3) is 0 Å². The highest BCUT2D eigenvalue weighted by molar-refractivity contribution is 6.21. The molecule has 2 aromatic rings. The lowest BCUT2D eigenvalue weighted by molar-refractivity contribution is 0.0640. The first-order chi connectivity index (χ1) is 10.5. The van der Waals surface area contributed by atoms with Gasteiger partial charge in [0.05, 0.1) is 17.7 Å². The summed E-state index contributed by atoms with van der Waals surface area (Å²) in [5.74, 6) is -1.27. The van der Waals surface area contributed by atoms with Gasteiger partial charge in [0.1, 0.15) is 5.82 Å². The zero-order chi connectivity index (χ0) is 15.9. The number of halogens is 2. The molecule has 1 heterocycles. The van der Waals surface area contributed by atoms with E-state index in [2.05, 4.69) is 0 Å². The summed E-state index contributed by atoms with van der Waals surface area (Å²) in [5.41, 5.74) is 7.44. The van der Waals surface area contributed by atoms with E-state index in [1.807, 2.05) is 0 Å². The number of carbonyl (C=O) groups excluding carboxylic acids is 2. The van der Waals surface area contributed by atoms with Crippen LogP contribution in [0.3, 0.4) is 0 Å². The Morgan fingerprint density at radius 1 is 1.04 bits per heavy atom. The van der Waals surface area contributed by atoms with Crippen LogP contribution in [0, 0.1) is 5.82 Å². The van der Waals surface area contributed by atoms with Gasteiger partial charge in [0, 0.05) is 11.6 Å². The Balaban J connectivity index is 0.00000192. The molecular formula is C17H16ClFN2O2. The minimum atomic E-state index is -0.466. The fraction of sp³-hybridized carbons (Fsp3) is 0.176. The molecular weight excluding hydrogens is 319 g/mol. The number of rotatable bonds is 3. The summed E-state index contributed by atoms with van der Waals surface area (Å²) in [4.78, 5) is 25.8. The zero-order valence-electron chi connectivity index (χ0n) is 12.5. The first-order valence-electron chi connectivity index (χ1n) is 6.98. The highest BCUT2D eigenvalue weighted by atomic mass is 35.5. The monoisotopic (exact) mass is 334 g/mol. The van der Waals surface area contributed by atoms with E-state index < -0.39 is 17.6 Å². The predicted octanol–water partition coefficient (Wildman–Crippen LogP) is 3.06. The Bertz CT molecular complexity index is 742. The van der Waals surface area contributed by atoms with Gasteiger partial charge in [0.15, 0.2) is 0 Å². The number of carbonyl (C=O) groups is 2. The molecule has 0 fully saturated rings. The molecule has 6 heteroatoms. The van der Waals surface area contributed by atoms with Crippen molar-refractivity contribution in [3.63, 3.8) is 0 Å². The van der Waals surface area contributed by atoms with Gasteiger partial charge in [-0.3, -0.25) is 14.5 Å². The van der Waals surface area contributed by atoms with Crippen LogP contribution in [0.1, 0.15) is 44.8 Å². The second-order valence-corrected chi connectivity index (χ2v) is 5.34. The maximum Gasteiger partial charge on any atom is 0.261 e. The first kappa shape index (κ1) is 17.1. The molecule has 4 nitrogen and oxygen atoms in total. The van der Waals surface area contributed by atoms with Crippen molar-refractivity contribution in [2.24, 2.45) is 5.73 Å². The van der Waals surface area contributed by atoms with Crippen molar-refractivity contribution >= 4 is 24.2 Å². The molecule has 120 valence electrons. The van der Waals surface area contributed by atoms with Crippen molar-refractivity contribution in [2.75, 3.05) is 0 Å². The second-order valence-electron chi connectivity index (χ2n) is 5.34. The Kier molecular flexibility index (Phi) is 4.82. The lowest BCUT2D eigenvalue weighted by Crippen LogP contribution is -2.30. The van der Waals surface area contributed by atoms with Gasteiger partial charge in [-0.1, -0.05) is 24.3 Å². The van der Waals surface area contributed by atoms with Crippen molar-refractivity contribution in [1.82, 2.24) is 4.90 Å². The quantitative estimate of drug-likeness (QED) is 0.877. The van der Waals surface area contributed by atoms with Crippen molar-refractivity contribution in [1.29, 1.82) is 0 Å². The van der Waals surface area contributed by atoms with Crippen LogP contribution in [0.5, 0.6) is 0 Å². The fourth-order valence-corrected chi connectivity index (χ4v) is 2.71. The fourth-order valence-electron chi connectivity index (χ4n) is 2.71. The van der Waals surface area contributed by atoms with Crippen molar-refractivity contribution in [3.8, 4) is 0 Å². The Hall–Kier alpha value is -2.24. The van der Waals surface area contributed by atoms with Crippen LogP contribution < -0.4 is 5.73 Å². The maximum absolute atomic E-state index is 14.1. The van der Waals surface area contributed by atoms with E-state index >= 15 is 0 Å². The third kappa shape index (κ3) is 2.85. The lowest BCUT2D eigenvalue weighted by atomic mass is 10.0. The van der Waals surface area contributed by atoms with E-state index in [1.165, 1.54) is 6.07 Å². The van der Waals surface area contributed by atoms with E-state index in [4.69, 9.17) is 5.73 Å². The van der Waals surface area contributed by atoms with Crippen LogP contribution in [-0.2, 0) is 6.54 Å². The van der Waals surface area contributed by atoms with Crippen LogP contribution in [0.4, 0.5) is 4.39 Å². The molecule has 0 bridgehead atoms. The van der Waals surface area contributed by atoms with E-state index in [1.54, 1.807) is 43.3 Å². The number of imide groups is 1. The topological polar surface area (TPSA) is 63.4 Å². The molecule has 0 unspecified atom stereocenters. The lowest BCUT2D eigenvalue weighted by Gasteiger charge is -2.19. The molecule has 2 aromatic carbocycles. The van der Waals surface area contributed by atoms with Gasteiger partial charge in [-0.2, -0.15) is 0 Å². The summed E-state index contributed by atoms with van der Waals surface area (Å²) in [6.07, 6.45) is 0. The molecule has 2 N–H and O–H groups in total. The molecule has 0 saturated heterocycles. The smallest absolute Gasteiger partial charge is 0.261 e. The standard InChI is InChI=1S/C17H15FN2O2.ClH/c1-10(19)11-7-4-8-15(18)14(11)9-20-16(21)12-5-2-3-6-13(12)17(20)22;/h2-8,10H,9,19H2,1H3;1H/t10-;/m1./s1. The van der Waals surface area contributed by atoms with Crippen LogP contribution in [0.15, 0.2) is 42.5 Å². The van der Waals surface area contributed by atoms with Gasteiger partial charge in [-0.25, -0.2) is 4.39 Å². The molecule has 0 aromatic heterocycles. The van der Waals surface area contributed by atoms with Gasteiger partial charge in [0.2, 0.25) is 0 Å². The van der Waals surface area contributed by atoms with Gasteiger partial charge < -0.3 is 5.73 Å². The zero-order valence-corrected chi connectivity index (χ0v) is 13.3. The summed E-state index contributed by atoms with van der Waals surface area (Å²) in [5, 5.41) is 0. The average molecular weight is 335 g/mol. The highest BCUT2D eigenvalue weighted by Gasteiger charge is 2.35. The molecule has 0 spiro atoms. The van der Waals surface area contributed by atoms with E-state index in [9.17, 15) is 14.0 Å². The number of nitrogens with two attached hydrogens (primary N) is 1. The third-order valence-corrected chi connectivity index (χ3v) is 3.84. The molecule has 3 rings (SSSR count). The molecule has 1 atom stereocenters. The second kappa shape index (κ2) is 6.48. The number of hydrogen-bond donors (Lipinski definition) is 1. The largest absolute Gasteiger partial charge is 0.324 e. The Labute approximate surface area is 139 Å². The van der Waals surface area contributed by atoms with Crippen molar-refractivity contribution in [2.45, 2.75) is 19.5 Å². The summed E-state index contributed by atoms with van der Waals surface area (Å²) < 4.78 is 14.1. The molecule has 23 heavy (non-hydrogen) atoms. The number of amides is 2. The molecule has 1 aliphatic heterocycles. The number of fused-ring (bicyclic) bond motifs is 1. The minimum Gasteiger partial charge on any atom is -0.324 e. The molecule has 0 radical (unpaired) electrons. The Morgan fingerprint density at radius 3 is 2.13 bits per heavy atom. The average Bonchev–Trinajstić information content (AvgIpc) is 2.74. The maximum atomic E-state index is 14.1. The van der Waals surface area contributed by atoms with Crippen molar-refractivity contribution < 1.29 is 14.0 Å². The van der Waals surface area contributed by atoms with Gasteiger partial charge in [-0.05, 0) is 30.7 Å². The first-order valence-corrected chi connectivity index (χ1v) is 6.98. The van der Waals surface area contributed by atoms with E-state index in [0.717, 1.165) is 4.90 Å². The van der Waals surface area contributed by atoms with Gasteiger partial charge in [0.25, 0.3) is 11.8 Å². The third-order valence-electron chi connectivity index (χ3n) is 3.84.